The maximum absolute atomic E-state index is 12.2. The maximum Gasteiger partial charge on any atom is 0.224 e. The largest absolute Gasteiger partial charge is 0.493 e. The molecule has 2 N–H and O–H groups in total. The topological polar surface area (TPSA) is 64.8 Å². The fraction of sp³-hybridized carbons (Fsp3) is 0.562. The second-order valence-corrected chi connectivity index (χ2v) is 5.64. The highest BCUT2D eigenvalue weighted by Crippen LogP contribution is 2.33. The zero-order valence-electron chi connectivity index (χ0n) is 13.0. The van der Waals surface area contributed by atoms with Gasteiger partial charge >= 0.3 is 0 Å². The van der Waals surface area contributed by atoms with Gasteiger partial charge in [-0.15, -0.1) is 0 Å². The SMILES string of the molecule is COc1ccc(CN(C)C(=O)CC(N)C2CC2)cc1OC. The number of amides is 1. The van der Waals surface area contributed by atoms with E-state index >= 15 is 0 Å². The van der Waals surface area contributed by atoms with Crippen molar-refractivity contribution in [1.29, 1.82) is 0 Å². The van der Waals surface area contributed by atoms with Crippen LogP contribution in [0.25, 0.3) is 0 Å². The van der Waals surface area contributed by atoms with Crippen LogP contribution in [0.15, 0.2) is 18.2 Å². The van der Waals surface area contributed by atoms with Crippen LogP contribution in [0.5, 0.6) is 11.5 Å². The number of benzene rings is 1. The molecule has 0 radical (unpaired) electrons. The van der Waals surface area contributed by atoms with Gasteiger partial charge in [-0.1, -0.05) is 6.07 Å². The molecule has 1 aliphatic rings. The highest BCUT2D eigenvalue weighted by atomic mass is 16.5. The van der Waals surface area contributed by atoms with Gasteiger partial charge in [0.25, 0.3) is 0 Å². The Labute approximate surface area is 126 Å². The smallest absolute Gasteiger partial charge is 0.224 e. The maximum atomic E-state index is 12.2. The average Bonchev–Trinajstić information content (AvgIpc) is 3.31. The van der Waals surface area contributed by atoms with E-state index in [1.165, 1.54) is 0 Å². The molecule has 0 aromatic heterocycles. The van der Waals surface area contributed by atoms with Gasteiger partial charge < -0.3 is 20.1 Å². The number of methoxy groups -OCH3 is 2. The molecule has 0 bridgehead atoms. The normalized spacial score (nSPS) is 15.4. The molecule has 1 atom stereocenters. The van der Waals surface area contributed by atoms with Crippen LogP contribution in [0.1, 0.15) is 24.8 Å². The Bertz CT molecular complexity index is 500. The molecule has 2 rings (SSSR count). The lowest BCUT2D eigenvalue weighted by atomic mass is 10.1. The molecule has 0 heterocycles. The molecule has 116 valence electrons. The number of hydrogen-bond acceptors (Lipinski definition) is 4. The number of carbonyl (C=O) groups excluding carboxylic acids is 1. The number of ether oxygens (including phenoxy) is 2. The number of hydrogen-bond donors (Lipinski definition) is 1. The summed E-state index contributed by atoms with van der Waals surface area (Å²) in [6.07, 6.45) is 2.75. The van der Waals surface area contributed by atoms with Crippen LogP contribution < -0.4 is 15.2 Å². The zero-order chi connectivity index (χ0) is 15.4. The van der Waals surface area contributed by atoms with Gasteiger partial charge in [-0.05, 0) is 36.5 Å². The van der Waals surface area contributed by atoms with E-state index in [1.54, 1.807) is 26.2 Å². The summed E-state index contributed by atoms with van der Waals surface area (Å²) in [5.74, 6) is 1.99. The van der Waals surface area contributed by atoms with Gasteiger partial charge in [-0.2, -0.15) is 0 Å². The molecule has 1 saturated carbocycles. The van der Waals surface area contributed by atoms with Gasteiger partial charge in [-0.25, -0.2) is 0 Å². The van der Waals surface area contributed by atoms with Crippen molar-refractivity contribution in [3.63, 3.8) is 0 Å². The van der Waals surface area contributed by atoms with Crippen LogP contribution in [0.3, 0.4) is 0 Å². The first-order valence-electron chi connectivity index (χ1n) is 7.25. The molecule has 1 amide bonds. The van der Waals surface area contributed by atoms with E-state index in [4.69, 9.17) is 15.2 Å². The van der Waals surface area contributed by atoms with Crippen LogP contribution >= 0.6 is 0 Å². The minimum Gasteiger partial charge on any atom is -0.493 e. The van der Waals surface area contributed by atoms with E-state index in [0.717, 1.165) is 18.4 Å². The fourth-order valence-corrected chi connectivity index (χ4v) is 2.39. The lowest BCUT2D eigenvalue weighted by molar-refractivity contribution is -0.130. The first-order chi connectivity index (χ1) is 10.0. The van der Waals surface area contributed by atoms with Crippen molar-refractivity contribution in [2.24, 2.45) is 11.7 Å². The van der Waals surface area contributed by atoms with E-state index in [2.05, 4.69) is 0 Å². The molecule has 1 aromatic carbocycles. The van der Waals surface area contributed by atoms with Crippen molar-refractivity contribution in [3.8, 4) is 11.5 Å². The summed E-state index contributed by atoms with van der Waals surface area (Å²) in [5.41, 5.74) is 7.01. The summed E-state index contributed by atoms with van der Waals surface area (Å²) < 4.78 is 10.5. The third kappa shape index (κ3) is 4.11. The average molecular weight is 292 g/mol. The van der Waals surface area contributed by atoms with Crippen LogP contribution in [-0.4, -0.2) is 38.1 Å². The van der Waals surface area contributed by atoms with E-state index in [-0.39, 0.29) is 11.9 Å². The van der Waals surface area contributed by atoms with Crippen molar-refractivity contribution in [3.05, 3.63) is 23.8 Å². The number of nitrogens with two attached hydrogens (primary N) is 1. The molecule has 1 aromatic rings. The second kappa shape index (κ2) is 6.80. The molecule has 0 aliphatic heterocycles. The lowest BCUT2D eigenvalue weighted by Gasteiger charge is -2.20. The molecule has 21 heavy (non-hydrogen) atoms. The van der Waals surface area contributed by atoms with Gasteiger partial charge in [0.05, 0.1) is 14.2 Å². The number of nitrogens with zero attached hydrogens (tertiary/aromatic N) is 1. The van der Waals surface area contributed by atoms with Crippen LogP contribution in [0.2, 0.25) is 0 Å². The molecule has 5 heteroatoms. The Hall–Kier alpha value is -1.75. The molecule has 5 nitrogen and oxygen atoms in total. The minimum atomic E-state index is 0.00496. The van der Waals surface area contributed by atoms with E-state index in [0.29, 0.717) is 30.4 Å². The first kappa shape index (κ1) is 15.6. The van der Waals surface area contributed by atoms with Crippen LogP contribution in [0.4, 0.5) is 0 Å². The zero-order valence-corrected chi connectivity index (χ0v) is 13.0. The van der Waals surface area contributed by atoms with E-state index < -0.39 is 0 Å². The summed E-state index contributed by atoms with van der Waals surface area (Å²) in [6, 6.07) is 5.68. The predicted molar refractivity (Wildman–Crippen MR) is 81.3 cm³/mol. The summed E-state index contributed by atoms with van der Waals surface area (Å²) >= 11 is 0. The summed E-state index contributed by atoms with van der Waals surface area (Å²) in [5, 5.41) is 0. The molecule has 1 unspecified atom stereocenters. The van der Waals surface area contributed by atoms with E-state index in [9.17, 15) is 4.79 Å². The highest BCUT2D eigenvalue weighted by molar-refractivity contribution is 5.76. The number of rotatable bonds is 7. The molecular weight excluding hydrogens is 268 g/mol. The minimum absolute atomic E-state index is 0.00496. The quantitative estimate of drug-likeness (QED) is 0.832. The van der Waals surface area contributed by atoms with Crippen molar-refractivity contribution in [2.75, 3.05) is 21.3 Å². The molecular formula is C16H24N2O3. The van der Waals surface area contributed by atoms with Crippen molar-refractivity contribution < 1.29 is 14.3 Å². The Balaban J connectivity index is 1.94. The molecule has 1 aliphatic carbocycles. The molecule has 0 saturated heterocycles. The van der Waals surface area contributed by atoms with Crippen molar-refractivity contribution in [1.82, 2.24) is 4.90 Å². The van der Waals surface area contributed by atoms with Gasteiger partial charge in [-0.3, -0.25) is 4.79 Å². The Morgan fingerprint density at radius 2 is 2.00 bits per heavy atom. The lowest BCUT2D eigenvalue weighted by Crippen LogP contribution is -2.34. The van der Waals surface area contributed by atoms with Gasteiger partial charge in [0.15, 0.2) is 11.5 Å². The fourth-order valence-electron chi connectivity index (χ4n) is 2.39. The number of carbonyl (C=O) groups is 1. The van der Waals surface area contributed by atoms with Crippen LogP contribution in [0, 0.1) is 5.92 Å². The third-order valence-electron chi connectivity index (χ3n) is 3.93. The predicted octanol–water partition coefficient (Wildman–Crippen LogP) is 1.79. The summed E-state index contributed by atoms with van der Waals surface area (Å²) in [7, 11) is 5.01. The van der Waals surface area contributed by atoms with Crippen molar-refractivity contribution in [2.45, 2.75) is 31.8 Å². The Morgan fingerprint density at radius 1 is 1.33 bits per heavy atom. The van der Waals surface area contributed by atoms with Gasteiger partial charge in [0, 0.05) is 26.1 Å². The monoisotopic (exact) mass is 292 g/mol. The van der Waals surface area contributed by atoms with Crippen LogP contribution in [-0.2, 0) is 11.3 Å². The first-order valence-corrected chi connectivity index (χ1v) is 7.25. The van der Waals surface area contributed by atoms with Gasteiger partial charge in [0.2, 0.25) is 5.91 Å². The summed E-state index contributed by atoms with van der Waals surface area (Å²) in [6.45, 7) is 0.538. The van der Waals surface area contributed by atoms with Crippen molar-refractivity contribution >= 4 is 5.91 Å². The standard InChI is InChI=1S/C16H24N2O3/c1-18(16(19)9-13(17)12-5-6-12)10-11-4-7-14(20-2)15(8-11)21-3/h4,7-8,12-13H,5-6,9-10,17H2,1-3H3. The molecule has 1 fully saturated rings. The highest BCUT2D eigenvalue weighted by Gasteiger charge is 2.30. The molecule has 0 spiro atoms. The second-order valence-electron chi connectivity index (χ2n) is 5.64. The summed E-state index contributed by atoms with van der Waals surface area (Å²) in [4.78, 5) is 13.9. The third-order valence-corrected chi connectivity index (χ3v) is 3.93. The van der Waals surface area contributed by atoms with Gasteiger partial charge in [0.1, 0.15) is 0 Å². The Morgan fingerprint density at radius 3 is 2.57 bits per heavy atom. The van der Waals surface area contributed by atoms with E-state index in [1.807, 2.05) is 18.2 Å². The Kier molecular flexibility index (Phi) is 5.07.